The maximum Gasteiger partial charge on any atom is 1.00 e. The van der Waals surface area contributed by atoms with E-state index in [1.165, 1.54) is 0 Å². The van der Waals surface area contributed by atoms with Crippen molar-refractivity contribution in [3.8, 4) is 0 Å². The van der Waals surface area contributed by atoms with Gasteiger partial charge in [-0.3, -0.25) is 0 Å². The van der Waals surface area contributed by atoms with E-state index < -0.39 is 0 Å². The smallest absolute Gasteiger partial charge is 0.412 e. The zero-order valence-corrected chi connectivity index (χ0v) is 12.1. The quantitative estimate of drug-likeness (QED) is 0.364. The Morgan fingerprint density at radius 2 is 0.300 bits per heavy atom. The molecule has 0 saturated carbocycles. The molecule has 0 spiro atoms. The van der Waals surface area contributed by atoms with E-state index in [0.717, 1.165) is 0 Å². The first-order valence-corrected chi connectivity index (χ1v) is 0. The van der Waals surface area contributed by atoms with Crippen molar-refractivity contribution in [2.24, 2.45) is 0 Å². The maximum absolute atomic E-state index is 0. The molecule has 0 amide bonds. The van der Waals surface area contributed by atoms with E-state index in [0.29, 0.717) is 0 Å². The van der Waals surface area contributed by atoms with Crippen molar-refractivity contribution in [1.29, 1.82) is 0 Å². The molecule has 0 aliphatic rings. The average Bonchev–Trinajstić information content (AvgIpc) is 0. The van der Waals surface area contributed by atoms with E-state index in [2.05, 4.69) is 0 Å². The normalized spacial score (nSPS) is 0. The third kappa shape index (κ3) is 159. The molecule has 0 aliphatic heterocycles. The first-order chi connectivity index (χ1) is 0. The third-order valence-corrected chi connectivity index (χ3v) is 0. The van der Waals surface area contributed by atoms with Gasteiger partial charge >= 0.3 is 59.1 Å². The minimum absolute atomic E-state index is 0. The molecule has 10 heteroatoms. The SMILES string of the molecule is O.O.O.O.O.O.O.[Na+].[Na+].[Pt]. The molecule has 0 aliphatic carbocycles. The van der Waals surface area contributed by atoms with E-state index in [1.807, 2.05) is 0 Å². The molecule has 0 unspecified atom stereocenters. The molecule has 0 aromatic carbocycles. The summed E-state index contributed by atoms with van der Waals surface area (Å²) in [6.45, 7) is 0. The maximum atomic E-state index is 0. The molecule has 0 fully saturated rings. The van der Waals surface area contributed by atoms with Crippen LogP contribution >= 0.6 is 0 Å². The van der Waals surface area contributed by atoms with Crippen LogP contribution in [-0.4, -0.2) is 38.3 Å². The van der Waals surface area contributed by atoms with E-state index in [1.54, 1.807) is 0 Å². The fraction of sp³-hybridized carbons (Fsp3) is 0. The van der Waals surface area contributed by atoms with Crippen molar-refractivity contribution < 1.29 is 119 Å². The van der Waals surface area contributed by atoms with E-state index in [4.69, 9.17) is 0 Å². The standard InChI is InChI=1S/2Na.7H2O.Pt/h;;7*1H2;/q2*+1;;;;;;;;. The fourth-order valence-corrected chi connectivity index (χ4v) is 0. The average molecular weight is 367 g/mol. The van der Waals surface area contributed by atoms with Gasteiger partial charge in [0.1, 0.15) is 0 Å². The van der Waals surface area contributed by atoms with Crippen LogP contribution in [0.5, 0.6) is 0 Å². The van der Waals surface area contributed by atoms with Crippen molar-refractivity contribution in [3.63, 3.8) is 0 Å². The summed E-state index contributed by atoms with van der Waals surface area (Å²) in [4.78, 5) is 0. The minimum Gasteiger partial charge on any atom is -0.412 e. The second kappa shape index (κ2) is 213. The summed E-state index contributed by atoms with van der Waals surface area (Å²) in [6, 6.07) is 0. The molecule has 66 valence electrons. The van der Waals surface area contributed by atoms with Crippen LogP contribution in [-0.2, 0) is 21.1 Å². The van der Waals surface area contributed by atoms with Crippen molar-refractivity contribution >= 4 is 0 Å². The molecule has 7 nitrogen and oxygen atoms in total. The molecular weight excluding hydrogens is 353 g/mol. The molecule has 0 radical (unpaired) electrons. The van der Waals surface area contributed by atoms with Gasteiger partial charge in [-0.2, -0.15) is 0 Å². The van der Waals surface area contributed by atoms with Crippen molar-refractivity contribution in [1.82, 2.24) is 0 Å². The Kier molecular flexibility index (Phi) is 5930. The number of hydrogen-bond donors (Lipinski definition) is 0. The Bertz CT molecular complexity index is 11.6. The molecule has 0 atom stereocenters. The van der Waals surface area contributed by atoms with Gasteiger partial charge in [0, 0.05) is 21.1 Å². The predicted molar refractivity (Wildman–Crippen MR) is 25.3 cm³/mol. The van der Waals surface area contributed by atoms with E-state index in [9.17, 15) is 0 Å². The molecule has 0 rings (SSSR count). The van der Waals surface area contributed by atoms with E-state index in [-0.39, 0.29) is 119 Å². The van der Waals surface area contributed by atoms with Gasteiger partial charge in [-0.05, 0) is 0 Å². The van der Waals surface area contributed by atoms with Gasteiger partial charge in [-0.25, -0.2) is 0 Å². The Labute approximate surface area is 117 Å². The summed E-state index contributed by atoms with van der Waals surface area (Å²) in [7, 11) is 0. The Morgan fingerprint density at radius 3 is 0.300 bits per heavy atom. The Balaban J connectivity index is 0. The molecule has 10 heavy (non-hydrogen) atoms. The fourth-order valence-electron chi connectivity index (χ4n) is 0. The Hall–Kier alpha value is 2.41. The summed E-state index contributed by atoms with van der Waals surface area (Å²) in [5.41, 5.74) is 0. The number of rotatable bonds is 0. The summed E-state index contributed by atoms with van der Waals surface area (Å²) in [6.07, 6.45) is 0. The molecular formula is H14Na2O7Pt+2. The van der Waals surface area contributed by atoms with Crippen LogP contribution in [0.15, 0.2) is 0 Å². The van der Waals surface area contributed by atoms with Crippen LogP contribution in [0.2, 0.25) is 0 Å². The first kappa shape index (κ1) is 278. The number of hydrogen-bond acceptors (Lipinski definition) is 0. The van der Waals surface area contributed by atoms with Gasteiger partial charge in [-0.15, -0.1) is 0 Å². The zero-order chi connectivity index (χ0) is 0. The largest absolute Gasteiger partial charge is 1.00 e. The molecule has 14 N–H and O–H groups in total. The third-order valence-electron chi connectivity index (χ3n) is 0. The van der Waals surface area contributed by atoms with Crippen molar-refractivity contribution in [2.45, 2.75) is 0 Å². The molecule has 0 saturated heterocycles. The summed E-state index contributed by atoms with van der Waals surface area (Å²) < 4.78 is 0. The molecule has 0 bridgehead atoms. The van der Waals surface area contributed by atoms with Crippen LogP contribution in [0.4, 0.5) is 0 Å². The van der Waals surface area contributed by atoms with Gasteiger partial charge in [0.2, 0.25) is 0 Å². The second-order valence-electron chi connectivity index (χ2n) is 0. The monoisotopic (exact) mass is 367 g/mol. The topological polar surface area (TPSA) is 220 Å². The predicted octanol–water partition coefficient (Wildman–Crippen LogP) is -11.8. The van der Waals surface area contributed by atoms with Crippen molar-refractivity contribution in [3.05, 3.63) is 0 Å². The van der Waals surface area contributed by atoms with Crippen LogP contribution < -0.4 is 59.1 Å². The van der Waals surface area contributed by atoms with Gasteiger partial charge in [0.25, 0.3) is 0 Å². The van der Waals surface area contributed by atoms with E-state index >= 15 is 0 Å². The van der Waals surface area contributed by atoms with Gasteiger partial charge in [0.15, 0.2) is 0 Å². The molecule has 0 aromatic heterocycles. The van der Waals surface area contributed by atoms with Crippen LogP contribution in [0.1, 0.15) is 0 Å². The first-order valence-electron chi connectivity index (χ1n) is 0. The molecule has 0 heterocycles. The summed E-state index contributed by atoms with van der Waals surface area (Å²) in [5.74, 6) is 0. The summed E-state index contributed by atoms with van der Waals surface area (Å²) in [5, 5.41) is 0. The van der Waals surface area contributed by atoms with Gasteiger partial charge in [-0.1, -0.05) is 0 Å². The van der Waals surface area contributed by atoms with Gasteiger partial charge < -0.3 is 38.3 Å². The zero-order valence-electron chi connectivity index (χ0n) is 5.82. The van der Waals surface area contributed by atoms with Crippen LogP contribution in [0.25, 0.3) is 0 Å². The minimum atomic E-state index is 0. The van der Waals surface area contributed by atoms with Gasteiger partial charge in [0.05, 0.1) is 0 Å². The van der Waals surface area contributed by atoms with Crippen molar-refractivity contribution in [2.75, 3.05) is 0 Å². The summed E-state index contributed by atoms with van der Waals surface area (Å²) >= 11 is 0. The van der Waals surface area contributed by atoms with Crippen LogP contribution in [0, 0.1) is 0 Å². The Morgan fingerprint density at radius 1 is 0.300 bits per heavy atom. The molecule has 0 aromatic rings. The van der Waals surface area contributed by atoms with Crippen LogP contribution in [0.3, 0.4) is 0 Å². The second-order valence-corrected chi connectivity index (χ2v) is 0.